The Kier molecular flexibility index (Phi) is 15.9. The Morgan fingerprint density at radius 2 is 1.58 bits per heavy atom. The molecule has 0 radical (unpaired) electrons. The molecule has 5 heterocycles. The van der Waals surface area contributed by atoms with Crippen molar-refractivity contribution in [3.63, 3.8) is 0 Å². The maximum Gasteiger partial charge on any atom is 0.153 e. The van der Waals surface area contributed by atoms with Crippen LogP contribution in [0.1, 0.15) is 62.0 Å². The third-order valence-corrected chi connectivity index (χ3v) is 18.9. The van der Waals surface area contributed by atoms with Crippen molar-refractivity contribution in [1.29, 1.82) is 0 Å². The summed E-state index contributed by atoms with van der Waals surface area (Å²) < 4.78 is 21.4. The van der Waals surface area contributed by atoms with E-state index in [9.17, 15) is 0 Å². The van der Waals surface area contributed by atoms with Crippen molar-refractivity contribution in [2.45, 2.75) is 120 Å². The number of piperidine rings is 1. The van der Waals surface area contributed by atoms with Gasteiger partial charge in [0.05, 0.1) is 35.9 Å². The number of likely N-dealkylation sites (tertiary alicyclic amines) is 2. The van der Waals surface area contributed by atoms with Crippen LogP contribution in [0.5, 0.6) is 11.5 Å². The smallest absolute Gasteiger partial charge is 0.153 e. The van der Waals surface area contributed by atoms with Crippen LogP contribution in [-0.4, -0.2) is 151 Å². The number of ketones is 1. The summed E-state index contributed by atoms with van der Waals surface area (Å²) in [5.41, 5.74) is 4.09. The molecule has 5 aliphatic rings. The van der Waals surface area contributed by atoms with Crippen LogP contribution in [0.15, 0.2) is 103 Å². The lowest BCUT2D eigenvalue weighted by Gasteiger charge is -2.57. The number of hydrogen-bond donors (Lipinski definition) is 2. The highest BCUT2D eigenvalue weighted by molar-refractivity contribution is 6.31. The molecule has 4 saturated heterocycles. The Morgan fingerprint density at radius 1 is 0.851 bits per heavy atom. The summed E-state index contributed by atoms with van der Waals surface area (Å²) in [6.07, 6.45) is 6.80. The normalized spacial score (nSPS) is 31.3. The third-order valence-electron chi connectivity index (χ3n) is 18.4. The number of aromatic nitrogens is 2. The average molecular weight is 1050 g/mol. The lowest BCUT2D eigenvalue weighted by Crippen LogP contribution is -2.73. The molecule has 10 rings (SSSR count). The van der Waals surface area contributed by atoms with E-state index in [0.29, 0.717) is 48.5 Å². The number of carbonyl (C=O) groups excluding carboxylic acids is 1. The van der Waals surface area contributed by atoms with E-state index < -0.39 is 10.8 Å². The van der Waals surface area contributed by atoms with E-state index >= 15 is 4.79 Å². The summed E-state index contributed by atoms with van der Waals surface area (Å²) in [6.45, 7) is 7.78. The van der Waals surface area contributed by atoms with E-state index in [1.807, 2.05) is 42.6 Å². The number of halogens is 2. The van der Waals surface area contributed by atoms with E-state index in [-0.39, 0.29) is 60.3 Å². The zero-order valence-electron chi connectivity index (χ0n) is 44.9. The van der Waals surface area contributed by atoms with Gasteiger partial charge in [0.2, 0.25) is 0 Å². The molecule has 12 atom stereocenters. The highest BCUT2D eigenvalue weighted by Gasteiger charge is 2.77. The number of ether oxygens (including phenoxy) is 3. The minimum Gasteiger partial charge on any atom is -0.457 e. The van der Waals surface area contributed by atoms with Gasteiger partial charge < -0.3 is 34.3 Å². The van der Waals surface area contributed by atoms with Gasteiger partial charge in [-0.15, -0.1) is 0 Å². The largest absolute Gasteiger partial charge is 0.457 e. The number of methoxy groups -OCH3 is 2. The van der Waals surface area contributed by atoms with Crippen molar-refractivity contribution in [3.8, 4) is 22.8 Å². The van der Waals surface area contributed by atoms with E-state index in [1.54, 1.807) is 14.2 Å². The maximum atomic E-state index is 17.7. The fourth-order valence-electron chi connectivity index (χ4n) is 15.1. The van der Waals surface area contributed by atoms with E-state index in [2.05, 4.69) is 145 Å². The standard InChI is InChI=1S/C60H78Cl2N8O4/c1-10-59-53-30-43(28-39-14-12-11-13-15-39)56(59)67(5)38(2)33-63-52-32-46(29-40-16-21-44(61)22-17-40)68(6)57-48(37-73-9)65-55(60(52,57)58(59)71)49(26-27-72-8)70(53)35-42-18-23-45(62)31-51(42)74-47-24-19-41(20-25-47)50-34-64-54(69(50)7)36-66(3)4/h11-25,31,34,38,43,46,48-49,52-53,55-57,63,65H,10,26-30,32-33,35-37H2,1-9H3/t38-,43+,46-,48+,49-,52?,53?,55?,56?,57?,59?,60?/m0/s1. The zero-order chi connectivity index (χ0) is 52.1. The highest BCUT2D eigenvalue weighted by atomic mass is 35.5. The second-order valence-electron chi connectivity index (χ2n) is 22.6. The minimum atomic E-state index is -0.831. The van der Waals surface area contributed by atoms with Crippen LogP contribution >= 0.6 is 23.2 Å². The van der Waals surface area contributed by atoms with Crippen molar-refractivity contribution in [1.82, 2.24) is 39.8 Å². The number of rotatable bonds is 17. The first kappa shape index (κ1) is 53.2. The molecular weight excluding hydrogens is 968 g/mol. The first-order valence-corrected chi connectivity index (χ1v) is 27.7. The first-order valence-electron chi connectivity index (χ1n) is 27.0. The first-order chi connectivity index (χ1) is 35.7. The summed E-state index contributed by atoms with van der Waals surface area (Å²) in [7, 11) is 14.4. The number of imidazole rings is 1. The van der Waals surface area contributed by atoms with Crippen molar-refractivity contribution >= 4 is 29.0 Å². The third kappa shape index (κ3) is 9.47. The second-order valence-corrected chi connectivity index (χ2v) is 23.4. The predicted molar refractivity (Wildman–Crippen MR) is 296 cm³/mol. The number of hydrogen-bond acceptors (Lipinski definition) is 11. The molecule has 2 N–H and O–H groups in total. The Bertz CT molecular complexity index is 2720. The molecule has 5 fully saturated rings. The Labute approximate surface area is 450 Å². The van der Waals surface area contributed by atoms with Crippen LogP contribution in [0.3, 0.4) is 0 Å². The van der Waals surface area contributed by atoms with Crippen LogP contribution in [0.4, 0.5) is 0 Å². The van der Waals surface area contributed by atoms with E-state index in [0.717, 1.165) is 72.9 Å². The van der Waals surface area contributed by atoms with Gasteiger partial charge in [0.25, 0.3) is 0 Å². The predicted octanol–water partition coefficient (Wildman–Crippen LogP) is 9.01. The topological polar surface area (TPSA) is 99.6 Å². The molecule has 5 aromatic rings. The van der Waals surface area contributed by atoms with Crippen LogP contribution in [0.25, 0.3) is 11.3 Å². The van der Waals surface area contributed by atoms with Crippen LogP contribution in [-0.2, 0) is 47.2 Å². The molecule has 4 aromatic carbocycles. The van der Waals surface area contributed by atoms with Gasteiger partial charge in [-0.1, -0.05) is 78.7 Å². The molecule has 1 aromatic heterocycles. The lowest BCUT2D eigenvalue weighted by atomic mass is 9.54. The van der Waals surface area contributed by atoms with Gasteiger partial charge in [-0.05, 0) is 139 Å². The van der Waals surface area contributed by atoms with Gasteiger partial charge in [0, 0.05) is 117 Å². The van der Waals surface area contributed by atoms with Gasteiger partial charge >= 0.3 is 0 Å². The average Bonchev–Trinajstić information content (AvgIpc) is 4.10. The number of nitrogens with zero attached hydrogens (tertiary/aromatic N) is 6. The molecule has 1 aliphatic carbocycles. The number of carbonyl (C=O) groups is 1. The van der Waals surface area contributed by atoms with Crippen LogP contribution in [0.2, 0.25) is 10.0 Å². The molecule has 2 bridgehead atoms. The van der Waals surface area contributed by atoms with Crippen LogP contribution in [0, 0.1) is 16.7 Å². The van der Waals surface area contributed by atoms with Crippen molar-refractivity contribution < 1.29 is 19.0 Å². The number of likely N-dealkylation sites (N-methyl/N-ethyl adjacent to an activating group) is 2. The van der Waals surface area contributed by atoms with Crippen molar-refractivity contribution in [2.75, 3.05) is 62.2 Å². The fraction of sp³-hybridized carbons (Fsp3) is 0.533. The molecule has 12 nitrogen and oxygen atoms in total. The van der Waals surface area contributed by atoms with Gasteiger partial charge in [-0.25, -0.2) is 4.98 Å². The van der Waals surface area contributed by atoms with Gasteiger partial charge in [-0.2, -0.15) is 0 Å². The molecule has 14 heteroatoms. The zero-order valence-corrected chi connectivity index (χ0v) is 46.5. The SMILES string of the molecule is CCC12C(=O)C34C5C[C@H](Cc6ccc(Cl)cc6)N(C)C3[C@@H](COC)NC4[C@H](CCOC)N(Cc3ccc(Cl)cc3Oc3ccc(-c4cnc(CN(C)C)n4C)cc3)C1C[C@@H](Cc1ccccc1)C2N(C)[C@@H](C)CN5. The Balaban J connectivity index is 1.12. The molecule has 396 valence electrons. The number of benzene rings is 4. The van der Waals surface area contributed by atoms with Gasteiger partial charge in [-0.3, -0.25) is 19.5 Å². The Hall–Kier alpha value is -4.18. The molecule has 7 unspecified atom stereocenters. The monoisotopic (exact) mass is 1040 g/mol. The summed E-state index contributed by atoms with van der Waals surface area (Å²) in [5, 5.41) is 9.89. The highest BCUT2D eigenvalue weighted by Crippen LogP contribution is 2.63. The summed E-state index contributed by atoms with van der Waals surface area (Å²) in [5.74, 6) is 3.04. The quantitative estimate of drug-likeness (QED) is 0.0935. The summed E-state index contributed by atoms with van der Waals surface area (Å²) >= 11 is 13.4. The van der Waals surface area contributed by atoms with Crippen molar-refractivity contribution in [2.24, 2.45) is 23.8 Å². The molecule has 4 aliphatic heterocycles. The molecule has 1 saturated carbocycles. The number of Topliss-reactive ketones (excluding diaryl/α,β-unsaturated/α-hetero) is 1. The minimum absolute atomic E-state index is 0.0310. The lowest BCUT2D eigenvalue weighted by molar-refractivity contribution is -0.154. The Morgan fingerprint density at radius 3 is 2.28 bits per heavy atom. The van der Waals surface area contributed by atoms with Crippen LogP contribution < -0.4 is 15.4 Å². The van der Waals surface area contributed by atoms with E-state index in [4.69, 9.17) is 42.4 Å². The molecule has 0 amide bonds. The number of nitrogens with one attached hydrogen (secondary N) is 2. The molecule has 74 heavy (non-hydrogen) atoms. The van der Waals surface area contributed by atoms with Gasteiger partial charge in [0.15, 0.2) is 5.78 Å². The second kappa shape index (κ2) is 22.0. The van der Waals surface area contributed by atoms with E-state index in [1.165, 1.54) is 11.1 Å². The van der Waals surface area contributed by atoms with Crippen molar-refractivity contribution in [3.05, 3.63) is 136 Å². The summed E-state index contributed by atoms with van der Waals surface area (Å²) in [4.78, 5) is 32.5. The summed E-state index contributed by atoms with van der Waals surface area (Å²) in [6, 6.07) is 33.1. The maximum absolute atomic E-state index is 17.7. The van der Waals surface area contributed by atoms with Gasteiger partial charge in [0.1, 0.15) is 17.3 Å². The molecular formula is C60H78Cl2N8O4. The fourth-order valence-corrected chi connectivity index (χ4v) is 15.4. The molecule has 1 spiro atoms.